The number of nitrogens with zero attached hydrogens (tertiary/aromatic N) is 5. The van der Waals surface area contributed by atoms with E-state index in [2.05, 4.69) is 32.6 Å². The van der Waals surface area contributed by atoms with E-state index in [0.717, 1.165) is 43.5 Å². The molecule has 0 bridgehead atoms. The van der Waals surface area contributed by atoms with Gasteiger partial charge in [0.1, 0.15) is 17.8 Å². The number of likely N-dealkylation sites (tertiary alicyclic amines) is 1. The van der Waals surface area contributed by atoms with Gasteiger partial charge < -0.3 is 20.3 Å². The number of carbonyl (C=O) groups is 2. The number of rotatable bonds is 9. The lowest BCUT2D eigenvalue weighted by Gasteiger charge is -2.42. The minimum absolute atomic E-state index is 0.166. The van der Waals surface area contributed by atoms with Crippen molar-refractivity contribution in [3.8, 4) is 17.1 Å². The van der Waals surface area contributed by atoms with Crippen molar-refractivity contribution in [1.29, 1.82) is 0 Å². The molecule has 0 amide bonds. The number of tetrazole rings is 1. The van der Waals surface area contributed by atoms with Crippen LogP contribution in [0.25, 0.3) is 11.4 Å². The van der Waals surface area contributed by atoms with E-state index >= 15 is 0 Å². The molecule has 0 spiro atoms. The highest BCUT2D eigenvalue weighted by Crippen LogP contribution is 2.40. The second-order valence-electron chi connectivity index (χ2n) is 10.7. The quantitative estimate of drug-likeness (QED) is 0.458. The Hall–Kier alpha value is -3.05. The van der Waals surface area contributed by atoms with E-state index in [4.69, 9.17) is 4.74 Å². The summed E-state index contributed by atoms with van der Waals surface area (Å²) in [4.78, 5) is 27.2. The van der Waals surface area contributed by atoms with Gasteiger partial charge in [0, 0.05) is 18.7 Å². The molecule has 3 aliphatic rings. The number of nitrogens with one attached hydrogen (secondary N) is 1. The molecule has 2 aromatic rings. The summed E-state index contributed by atoms with van der Waals surface area (Å²) in [6.45, 7) is 4.74. The zero-order valence-electron chi connectivity index (χ0n) is 21.2. The molecule has 1 aromatic carbocycles. The van der Waals surface area contributed by atoms with Gasteiger partial charge in [-0.25, -0.2) is 0 Å². The maximum atomic E-state index is 12.1. The number of carboxylic acid groups (broad SMARTS) is 2. The van der Waals surface area contributed by atoms with Crippen molar-refractivity contribution in [2.24, 2.45) is 17.8 Å². The van der Waals surface area contributed by atoms with Crippen LogP contribution in [0.4, 0.5) is 0 Å². The Morgan fingerprint density at radius 1 is 1.08 bits per heavy atom. The first-order valence-corrected chi connectivity index (χ1v) is 13.4. The third-order valence-corrected chi connectivity index (χ3v) is 8.21. The fraction of sp³-hybridized carbons (Fsp3) is 0.654. The molecule has 6 atom stereocenters. The summed E-state index contributed by atoms with van der Waals surface area (Å²) in [5.74, 6) is 0.943. The number of hydrogen-bond donors (Lipinski definition) is 3. The Morgan fingerprint density at radius 2 is 1.89 bits per heavy atom. The summed E-state index contributed by atoms with van der Waals surface area (Å²) in [6, 6.07) is 6.35. The summed E-state index contributed by atoms with van der Waals surface area (Å²) in [5, 5.41) is 35.6. The zero-order chi connectivity index (χ0) is 25.9. The largest absolute Gasteiger partial charge is 0.494 e. The summed E-state index contributed by atoms with van der Waals surface area (Å²) < 4.78 is 5.63. The van der Waals surface area contributed by atoms with Crippen LogP contribution >= 0.6 is 0 Å². The van der Waals surface area contributed by atoms with Gasteiger partial charge in [-0.15, -0.1) is 10.2 Å². The lowest BCUT2D eigenvalue weighted by molar-refractivity contribution is -0.143. The number of benzene rings is 1. The SMILES string of the molecule is CCCOc1ccc(-c2nnn(C3CC(C(=O)O)N(CC4CCC5CNC(C(=O)O)CC5C4)C3)n2)cc1. The van der Waals surface area contributed by atoms with Gasteiger partial charge in [-0.1, -0.05) is 6.92 Å². The van der Waals surface area contributed by atoms with Gasteiger partial charge in [0.25, 0.3) is 0 Å². The predicted octanol–water partition coefficient (Wildman–Crippen LogP) is 2.31. The Balaban J connectivity index is 1.22. The Kier molecular flexibility index (Phi) is 7.71. The average Bonchev–Trinajstić information content (AvgIpc) is 3.55. The molecule has 2 aliphatic heterocycles. The third-order valence-electron chi connectivity index (χ3n) is 8.21. The molecule has 2 saturated heterocycles. The summed E-state index contributed by atoms with van der Waals surface area (Å²) in [5.41, 5.74) is 0.832. The minimum Gasteiger partial charge on any atom is -0.494 e. The van der Waals surface area contributed by atoms with Crippen LogP contribution in [0.5, 0.6) is 5.75 Å². The smallest absolute Gasteiger partial charge is 0.321 e. The van der Waals surface area contributed by atoms with Gasteiger partial charge in [-0.3, -0.25) is 14.5 Å². The number of aromatic nitrogens is 4. The van der Waals surface area contributed by atoms with E-state index in [1.54, 1.807) is 4.80 Å². The molecular formula is C26H36N6O5. The maximum Gasteiger partial charge on any atom is 0.321 e. The third kappa shape index (κ3) is 5.77. The molecule has 0 radical (unpaired) electrons. The van der Waals surface area contributed by atoms with Crippen molar-refractivity contribution in [1.82, 2.24) is 30.4 Å². The van der Waals surface area contributed by atoms with Gasteiger partial charge in [0.15, 0.2) is 0 Å². The van der Waals surface area contributed by atoms with Crippen LogP contribution in [-0.2, 0) is 9.59 Å². The van der Waals surface area contributed by atoms with E-state index in [0.29, 0.717) is 56.1 Å². The van der Waals surface area contributed by atoms with Crippen LogP contribution in [0, 0.1) is 17.8 Å². The maximum absolute atomic E-state index is 12.1. The molecule has 1 saturated carbocycles. The first kappa shape index (κ1) is 25.6. The summed E-state index contributed by atoms with van der Waals surface area (Å²) in [7, 11) is 0. The molecule has 11 nitrogen and oxygen atoms in total. The molecule has 6 unspecified atom stereocenters. The zero-order valence-corrected chi connectivity index (χ0v) is 21.2. The highest BCUT2D eigenvalue weighted by atomic mass is 16.5. The van der Waals surface area contributed by atoms with Gasteiger partial charge in [-0.2, -0.15) is 4.80 Å². The number of piperidine rings is 1. The Labute approximate surface area is 216 Å². The first-order valence-electron chi connectivity index (χ1n) is 13.4. The lowest BCUT2D eigenvalue weighted by atomic mass is 9.69. The van der Waals surface area contributed by atoms with Gasteiger partial charge in [0.2, 0.25) is 5.82 Å². The van der Waals surface area contributed by atoms with Crippen LogP contribution in [0.15, 0.2) is 24.3 Å². The molecule has 1 aromatic heterocycles. The van der Waals surface area contributed by atoms with Gasteiger partial charge in [-0.05, 0) is 92.3 Å². The minimum atomic E-state index is -0.827. The number of carboxylic acids is 2. The van der Waals surface area contributed by atoms with Crippen molar-refractivity contribution >= 4 is 11.9 Å². The van der Waals surface area contributed by atoms with Crippen LogP contribution in [0.3, 0.4) is 0 Å². The number of aliphatic carboxylic acids is 2. The van der Waals surface area contributed by atoms with Gasteiger partial charge >= 0.3 is 11.9 Å². The van der Waals surface area contributed by atoms with Crippen molar-refractivity contribution in [2.75, 3.05) is 26.2 Å². The summed E-state index contributed by atoms with van der Waals surface area (Å²) in [6.07, 6.45) is 5.07. The normalized spacial score (nSPS) is 30.1. The predicted molar refractivity (Wildman–Crippen MR) is 134 cm³/mol. The van der Waals surface area contributed by atoms with E-state index < -0.39 is 24.0 Å². The van der Waals surface area contributed by atoms with Crippen molar-refractivity contribution in [3.05, 3.63) is 24.3 Å². The molecule has 11 heteroatoms. The Morgan fingerprint density at radius 3 is 2.62 bits per heavy atom. The van der Waals surface area contributed by atoms with Crippen LogP contribution < -0.4 is 10.1 Å². The topological polar surface area (TPSA) is 143 Å². The highest BCUT2D eigenvalue weighted by molar-refractivity contribution is 5.74. The van der Waals surface area contributed by atoms with E-state index in [9.17, 15) is 19.8 Å². The highest BCUT2D eigenvalue weighted by Gasteiger charge is 2.42. The van der Waals surface area contributed by atoms with E-state index in [1.165, 1.54) is 0 Å². The van der Waals surface area contributed by atoms with Crippen LogP contribution in [-0.4, -0.2) is 85.6 Å². The van der Waals surface area contributed by atoms with Crippen molar-refractivity contribution < 1.29 is 24.5 Å². The molecule has 3 heterocycles. The number of hydrogen-bond acceptors (Lipinski definition) is 8. The van der Waals surface area contributed by atoms with E-state index in [-0.39, 0.29) is 6.04 Å². The Bertz CT molecular complexity index is 1090. The molecule has 200 valence electrons. The number of ether oxygens (including phenoxy) is 1. The van der Waals surface area contributed by atoms with Crippen LogP contribution in [0.1, 0.15) is 51.5 Å². The molecular weight excluding hydrogens is 476 g/mol. The van der Waals surface area contributed by atoms with Gasteiger partial charge in [0.05, 0.1) is 12.6 Å². The monoisotopic (exact) mass is 512 g/mol. The fourth-order valence-electron chi connectivity index (χ4n) is 6.27. The second-order valence-corrected chi connectivity index (χ2v) is 10.7. The van der Waals surface area contributed by atoms with Crippen molar-refractivity contribution in [3.63, 3.8) is 0 Å². The fourth-order valence-corrected chi connectivity index (χ4v) is 6.27. The molecule has 3 N–H and O–H groups in total. The van der Waals surface area contributed by atoms with E-state index in [1.807, 2.05) is 24.3 Å². The first-order chi connectivity index (χ1) is 17.9. The van der Waals surface area contributed by atoms with Crippen molar-refractivity contribution in [2.45, 2.75) is 63.6 Å². The molecule has 1 aliphatic carbocycles. The number of fused-ring (bicyclic) bond motifs is 1. The lowest BCUT2D eigenvalue weighted by Crippen LogP contribution is -2.50. The molecule has 5 rings (SSSR count). The molecule has 37 heavy (non-hydrogen) atoms. The molecule has 3 fully saturated rings. The van der Waals surface area contributed by atoms with Crippen LogP contribution in [0.2, 0.25) is 0 Å². The second kappa shape index (κ2) is 11.1. The average molecular weight is 513 g/mol. The summed E-state index contributed by atoms with van der Waals surface area (Å²) >= 11 is 0. The standard InChI is InChI=1S/C26H36N6O5/c1-2-9-37-21-7-5-17(6-8-21)24-28-30-32(29-24)20-12-23(26(35)36)31(15-20)14-16-3-4-18-13-27-22(25(33)34)11-19(18)10-16/h5-8,16,18-20,22-23,27H,2-4,9-15H2,1H3,(H,33,34)(H,35,36).